The van der Waals surface area contributed by atoms with Crippen molar-refractivity contribution in [3.05, 3.63) is 70.8 Å². The minimum Gasteiger partial charge on any atom is -0.481 e. The van der Waals surface area contributed by atoms with Gasteiger partial charge in [0.1, 0.15) is 18.8 Å². The fourth-order valence-electron chi connectivity index (χ4n) is 4.84. The van der Waals surface area contributed by atoms with E-state index in [2.05, 4.69) is 0 Å². The first kappa shape index (κ1) is 27.0. The normalized spacial score (nSPS) is 19.8. The van der Waals surface area contributed by atoms with E-state index in [0.717, 1.165) is 22.6 Å². The summed E-state index contributed by atoms with van der Waals surface area (Å²) >= 11 is 0. The van der Waals surface area contributed by atoms with Crippen molar-refractivity contribution in [1.82, 2.24) is 14.7 Å². The standard InChI is InChI=1S/C26H26F3N3O6/c1-16-9-18(11-19(10-16)26(27,28)29)15-38-25(37)31-8-7-22(33)32-20(12-23(34)35)24(36)30(14-21(31)32)13-17-5-3-2-4-6-17/h2-6,9-11,20-21H,7-8,12-15H2,1H3,(H,34,35)/t20-,21+/m0/s1. The molecule has 2 saturated heterocycles. The molecule has 0 bridgehead atoms. The first-order chi connectivity index (χ1) is 17.9. The Morgan fingerprint density at radius 2 is 1.79 bits per heavy atom. The number of benzene rings is 2. The molecule has 38 heavy (non-hydrogen) atoms. The maximum Gasteiger partial charge on any atom is 0.416 e. The highest BCUT2D eigenvalue weighted by molar-refractivity contribution is 5.93. The lowest BCUT2D eigenvalue weighted by molar-refractivity contribution is -0.171. The number of nitrogens with zero attached hydrogens (tertiary/aromatic N) is 3. The van der Waals surface area contributed by atoms with Crippen LogP contribution < -0.4 is 0 Å². The van der Waals surface area contributed by atoms with E-state index in [1.807, 2.05) is 0 Å². The number of alkyl halides is 3. The van der Waals surface area contributed by atoms with Gasteiger partial charge < -0.3 is 19.6 Å². The molecule has 2 heterocycles. The molecule has 0 aromatic heterocycles. The number of ether oxygens (including phenoxy) is 1. The molecule has 0 spiro atoms. The minimum absolute atomic E-state index is 0.0480. The highest BCUT2D eigenvalue weighted by atomic mass is 19.4. The van der Waals surface area contributed by atoms with Gasteiger partial charge in [-0.2, -0.15) is 13.2 Å². The summed E-state index contributed by atoms with van der Waals surface area (Å²) in [5, 5.41) is 9.43. The lowest BCUT2D eigenvalue weighted by atomic mass is 10.0. The Hall–Kier alpha value is -4.09. The summed E-state index contributed by atoms with van der Waals surface area (Å²) in [6.45, 7) is 1.07. The van der Waals surface area contributed by atoms with E-state index in [4.69, 9.17) is 4.74 Å². The second kappa shape index (κ2) is 10.7. The second-order valence-corrected chi connectivity index (χ2v) is 9.30. The highest BCUT2D eigenvalue weighted by Crippen LogP contribution is 2.31. The van der Waals surface area contributed by atoms with Gasteiger partial charge >= 0.3 is 18.2 Å². The van der Waals surface area contributed by atoms with Crippen LogP contribution in [0.2, 0.25) is 0 Å². The maximum absolute atomic E-state index is 13.2. The summed E-state index contributed by atoms with van der Waals surface area (Å²) in [7, 11) is 0. The number of fused-ring (bicyclic) bond motifs is 1. The van der Waals surface area contributed by atoms with Crippen molar-refractivity contribution >= 4 is 23.9 Å². The van der Waals surface area contributed by atoms with Crippen molar-refractivity contribution in [2.24, 2.45) is 0 Å². The smallest absolute Gasteiger partial charge is 0.416 e. The second-order valence-electron chi connectivity index (χ2n) is 9.30. The average Bonchev–Trinajstić information content (AvgIpc) is 2.85. The fraction of sp³-hybridized carbons (Fsp3) is 0.385. The fourth-order valence-corrected chi connectivity index (χ4v) is 4.84. The third-order valence-electron chi connectivity index (χ3n) is 6.50. The van der Waals surface area contributed by atoms with Crippen molar-refractivity contribution in [2.45, 2.75) is 51.3 Å². The number of piperazine rings is 1. The SMILES string of the molecule is Cc1cc(COC(=O)N2CCC(=O)N3[C@@H]2CN(Cc2ccccc2)C(=O)[C@@H]3CC(=O)O)cc(C(F)(F)F)c1. The van der Waals surface area contributed by atoms with Gasteiger partial charge in [0.05, 0.1) is 18.5 Å². The number of hydrogen-bond acceptors (Lipinski definition) is 5. The van der Waals surface area contributed by atoms with Gasteiger partial charge in [0.2, 0.25) is 11.8 Å². The van der Waals surface area contributed by atoms with Crippen LogP contribution >= 0.6 is 0 Å². The molecule has 3 amide bonds. The van der Waals surface area contributed by atoms with Gasteiger partial charge in [-0.3, -0.25) is 19.3 Å². The van der Waals surface area contributed by atoms with Crippen LogP contribution in [0.1, 0.15) is 35.1 Å². The molecule has 2 aromatic rings. The quantitative estimate of drug-likeness (QED) is 0.610. The molecule has 9 nitrogen and oxygen atoms in total. The van der Waals surface area contributed by atoms with Crippen molar-refractivity contribution in [3.63, 3.8) is 0 Å². The monoisotopic (exact) mass is 533 g/mol. The molecule has 12 heteroatoms. The zero-order chi connectivity index (χ0) is 27.6. The molecule has 0 unspecified atom stereocenters. The van der Waals surface area contributed by atoms with Crippen LogP contribution in [-0.2, 0) is 38.4 Å². The van der Waals surface area contributed by atoms with Crippen LogP contribution in [0.5, 0.6) is 0 Å². The Labute approximate surface area is 216 Å². The van der Waals surface area contributed by atoms with E-state index in [0.29, 0.717) is 5.56 Å². The van der Waals surface area contributed by atoms with Gasteiger partial charge in [0.15, 0.2) is 0 Å². The predicted molar refractivity (Wildman–Crippen MR) is 126 cm³/mol. The van der Waals surface area contributed by atoms with E-state index >= 15 is 0 Å². The molecular formula is C26H26F3N3O6. The number of amides is 3. The van der Waals surface area contributed by atoms with E-state index in [1.165, 1.54) is 22.8 Å². The zero-order valence-electron chi connectivity index (χ0n) is 20.5. The first-order valence-electron chi connectivity index (χ1n) is 11.9. The number of hydrogen-bond donors (Lipinski definition) is 1. The maximum atomic E-state index is 13.2. The summed E-state index contributed by atoms with van der Waals surface area (Å²) in [6.07, 6.45) is -7.23. The molecule has 1 N–H and O–H groups in total. The third-order valence-corrected chi connectivity index (χ3v) is 6.50. The van der Waals surface area contributed by atoms with Crippen LogP contribution in [0.15, 0.2) is 48.5 Å². The number of carboxylic acids is 1. The molecule has 0 saturated carbocycles. The number of rotatable bonds is 6. The van der Waals surface area contributed by atoms with Crippen LogP contribution in [0.3, 0.4) is 0 Å². The Balaban J connectivity index is 1.56. The van der Waals surface area contributed by atoms with Crippen LogP contribution in [-0.4, -0.2) is 69.0 Å². The van der Waals surface area contributed by atoms with Gasteiger partial charge in [0.25, 0.3) is 0 Å². The molecule has 2 fully saturated rings. The third kappa shape index (κ3) is 5.90. The number of aliphatic carboxylic acids is 1. The number of aryl methyl sites for hydroxylation is 1. The lowest BCUT2D eigenvalue weighted by Crippen LogP contribution is -2.71. The van der Waals surface area contributed by atoms with Crippen molar-refractivity contribution in [1.29, 1.82) is 0 Å². The Bertz CT molecular complexity index is 1240. The zero-order valence-corrected chi connectivity index (χ0v) is 20.5. The van der Waals surface area contributed by atoms with Crippen molar-refractivity contribution < 1.29 is 42.2 Å². The minimum atomic E-state index is -4.56. The number of halogens is 3. The molecule has 202 valence electrons. The predicted octanol–water partition coefficient (Wildman–Crippen LogP) is 3.40. The number of carbonyl (C=O) groups is 4. The molecule has 2 aliphatic rings. The van der Waals surface area contributed by atoms with E-state index in [-0.39, 0.29) is 31.6 Å². The summed E-state index contributed by atoms with van der Waals surface area (Å²) in [5.74, 6) is -2.29. The van der Waals surface area contributed by atoms with Gasteiger partial charge in [-0.05, 0) is 30.2 Å². The Morgan fingerprint density at radius 3 is 2.45 bits per heavy atom. The molecule has 4 rings (SSSR count). The van der Waals surface area contributed by atoms with Gasteiger partial charge in [-0.25, -0.2) is 4.79 Å². The first-order valence-corrected chi connectivity index (χ1v) is 11.9. The van der Waals surface area contributed by atoms with E-state index in [9.17, 15) is 37.5 Å². The highest BCUT2D eigenvalue weighted by Gasteiger charge is 2.49. The Morgan fingerprint density at radius 1 is 1.08 bits per heavy atom. The summed E-state index contributed by atoms with van der Waals surface area (Å²) in [4.78, 5) is 54.5. The topological polar surface area (TPSA) is 107 Å². The largest absolute Gasteiger partial charge is 0.481 e. The molecular weight excluding hydrogens is 507 g/mol. The molecule has 2 aromatic carbocycles. The summed E-state index contributed by atoms with van der Waals surface area (Å²) in [6, 6.07) is 11.0. The van der Waals surface area contributed by atoms with Gasteiger partial charge in [0, 0.05) is 19.5 Å². The lowest BCUT2D eigenvalue weighted by Gasteiger charge is -2.51. The molecule has 0 aliphatic carbocycles. The van der Waals surface area contributed by atoms with Crippen molar-refractivity contribution in [3.8, 4) is 0 Å². The van der Waals surface area contributed by atoms with Gasteiger partial charge in [-0.15, -0.1) is 0 Å². The number of carbonyl (C=O) groups excluding carboxylic acids is 3. The van der Waals surface area contributed by atoms with Crippen LogP contribution in [0.4, 0.5) is 18.0 Å². The van der Waals surface area contributed by atoms with Crippen LogP contribution in [0, 0.1) is 6.92 Å². The average molecular weight is 534 g/mol. The number of carboxylic acid groups (broad SMARTS) is 1. The van der Waals surface area contributed by atoms with E-state index in [1.54, 1.807) is 30.3 Å². The van der Waals surface area contributed by atoms with Crippen molar-refractivity contribution in [2.75, 3.05) is 13.1 Å². The van der Waals surface area contributed by atoms with Crippen LogP contribution in [0.25, 0.3) is 0 Å². The Kier molecular flexibility index (Phi) is 7.61. The van der Waals surface area contributed by atoms with E-state index < -0.39 is 60.9 Å². The molecule has 2 atom stereocenters. The summed E-state index contributed by atoms with van der Waals surface area (Å²) in [5.41, 5.74) is 0.403. The van der Waals surface area contributed by atoms with Gasteiger partial charge in [-0.1, -0.05) is 42.0 Å². The molecule has 0 radical (unpaired) electrons. The molecule has 2 aliphatic heterocycles. The summed E-state index contributed by atoms with van der Waals surface area (Å²) < 4.78 is 44.9.